The van der Waals surface area contributed by atoms with E-state index < -0.39 is 40.0 Å². The Bertz CT molecular complexity index is 1880. The lowest BCUT2D eigenvalue weighted by Crippen LogP contribution is -2.47. The first-order valence-electron chi connectivity index (χ1n) is 16.2. The third-order valence-electron chi connectivity index (χ3n) is 9.38. The van der Waals surface area contributed by atoms with Crippen LogP contribution >= 0.6 is 0 Å². The highest BCUT2D eigenvalue weighted by Gasteiger charge is 2.56. The zero-order valence-corrected chi connectivity index (χ0v) is 27.7. The first-order valence-corrected chi connectivity index (χ1v) is 17.7. The summed E-state index contributed by atoms with van der Waals surface area (Å²) >= 11 is -0.707. The first kappa shape index (κ1) is 33.1. The molecule has 7 rings (SSSR count). The summed E-state index contributed by atoms with van der Waals surface area (Å²) in [6, 6.07) is 14.8. The number of carbonyl (C=O) groups is 2. The predicted molar refractivity (Wildman–Crippen MR) is 182 cm³/mol. The van der Waals surface area contributed by atoms with Gasteiger partial charge in [-0.15, -0.1) is 0 Å². The minimum absolute atomic E-state index is 0.0948. The van der Waals surface area contributed by atoms with Crippen LogP contribution in [-0.4, -0.2) is 58.2 Å². The SMILES string of the molecule is COc1cc2c(Oc3ccc(NC(=O)C4(C(=O)Nc5ccc(F)cc5)CC4)c(F)c3)ccnc2cc1OCC1(NC2CC[S+]([O-])CC2)CC1. The molecule has 2 amide bonds. The van der Waals surface area contributed by atoms with E-state index in [4.69, 9.17) is 14.2 Å². The van der Waals surface area contributed by atoms with Gasteiger partial charge in [0.15, 0.2) is 11.5 Å². The lowest BCUT2D eigenvalue weighted by Gasteiger charge is -2.29. The second kappa shape index (κ2) is 13.4. The van der Waals surface area contributed by atoms with E-state index in [0.29, 0.717) is 59.3 Å². The van der Waals surface area contributed by atoms with Crippen molar-refractivity contribution in [2.75, 3.05) is 35.9 Å². The lowest BCUT2D eigenvalue weighted by atomic mass is 10.0. The van der Waals surface area contributed by atoms with Crippen molar-refractivity contribution in [1.29, 1.82) is 0 Å². The summed E-state index contributed by atoms with van der Waals surface area (Å²) in [7, 11) is 1.55. The lowest BCUT2D eigenvalue weighted by molar-refractivity contribution is -0.131. The minimum atomic E-state index is -1.33. The molecule has 256 valence electrons. The van der Waals surface area contributed by atoms with Gasteiger partial charge in [-0.25, -0.2) is 8.78 Å². The van der Waals surface area contributed by atoms with Crippen molar-refractivity contribution in [2.24, 2.45) is 5.41 Å². The summed E-state index contributed by atoms with van der Waals surface area (Å²) in [5, 5.41) is 9.53. The summed E-state index contributed by atoms with van der Waals surface area (Å²) in [6.45, 7) is 0.465. The highest BCUT2D eigenvalue weighted by atomic mass is 32.2. The molecule has 2 saturated carbocycles. The van der Waals surface area contributed by atoms with E-state index in [9.17, 15) is 18.5 Å². The number of anilines is 2. The Labute approximate surface area is 285 Å². The van der Waals surface area contributed by atoms with Gasteiger partial charge in [0.25, 0.3) is 0 Å². The molecular formula is C36H36F2N4O6S. The van der Waals surface area contributed by atoms with Gasteiger partial charge in [0.05, 0.1) is 23.9 Å². The van der Waals surface area contributed by atoms with Crippen molar-refractivity contribution in [3.05, 3.63) is 78.5 Å². The molecule has 3 aromatic carbocycles. The summed E-state index contributed by atoms with van der Waals surface area (Å²) in [4.78, 5) is 30.4. The fourth-order valence-corrected chi connectivity index (χ4v) is 7.35. The zero-order chi connectivity index (χ0) is 34.2. The maximum absolute atomic E-state index is 15.2. The highest BCUT2D eigenvalue weighted by molar-refractivity contribution is 7.91. The van der Waals surface area contributed by atoms with Gasteiger partial charge in [-0.3, -0.25) is 14.6 Å². The number of benzene rings is 3. The Morgan fingerprint density at radius 3 is 2.33 bits per heavy atom. The maximum atomic E-state index is 15.2. The monoisotopic (exact) mass is 690 g/mol. The Morgan fingerprint density at radius 1 is 0.918 bits per heavy atom. The van der Waals surface area contributed by atoms with E-state index in [0.717, 1.165) is 43.3 Å². The molecule has 4 aromatic rings. The van der Waals surface area contributed by atoms with E-state index in [1.54, 1.807) is 31.5 Å². The minimum Gasteiger partial charge on any atom is -0.616 e. The smallest absolute Gasteiger partial charge is 0.240 e. The third-order valence-corrected chi connectivity index (χ3v) is 10.8. The Morgan fingerprint density at radius 2 is 1.65 bits per heavy atom. The van der Waals surface area contributed by atoms with Crippen LogP contribution in [0, 0.1) is 17.0 Å². The van der Waals surface area contributed by atoms with Crippen LogP contribution in [0.15, 0.2) is 66.9 Å². The van der Waals surface area contributed by atoms with E-state index in [2.05, 4.69) is 20.9 Å². The molecule has 0 atom stereocenters. The number of nitrogens with zero attached hydrogens (tertiary/aromatic N) is 1. The Balaban J connectivity index is 1.01. The van der Waals surface area contributed by atoms with Gasteiger partial charge >= 0.3 is 0 Å². The number of ether oxygens (including phenoxy) is 3. The molecule has 0 radical (unpaired) electrons. The van der Waals surface area contributed by atoms with E-state index >= 15 is 4.39 Å². The highest BCUT2D eigenvalue weighted by Crippen LogP contribution is 2.48. The standard InChI is InChI=1S/C36H36F2N4O6S/c1-46-31-19-26-29(20-32(31)47-21-35(11-12-35)42-24-9-16-49(45)17-10-24)39-15-8-30(26)48-25-6-7-28(27(38)18-25)41-34(44)36(13-14-36)33(43)40-23-4-2-22(37)3-5-23/h2-8,15,18-20,24,42H,9-14,16-17,21H2,1H3,(H,40,43)(H,41,44). The van der Waals surface area contributed by atoms with Crippen LogP contribution in [0.2, 0.25) is 0 Å². The number of hydrogen-bond donors (Lipinski definition) is 3. The molecule has 3 N–H and O–H groups in total. The largest absolute Gasteiger partial charge is 0.616 e. The molecule has 2 heterocycles. The summed E-state index contributed by atoms with van der Waals surface area (Å²) in [6.07, 6.45) is 6.02. The fraction of sp³-hybridized carbons (Fsp3) is 0.361. The Hall–Kier alpha value is -4.46. The van der Waals surface area contributed by atoms with Crippen molar-refractivity contribution in [2.45, 2.75) is 50.1 Å². The molecule has 2 aliphatic carbocycles. The van der Waals surface area contributed by atoms with Crippen LogP contribution in [0.25, 0.3) is 10.9 Å². The zero-order valence-electron chi connectivity index (χ0n) is 26.9. The van der Waals surface area contributed by atoms with Gasteiger partial charge in [0.2, 0.25) is 11.8 Å². The number of methoxy groups -OCH3 is 1. The number of halogens is 2. The molecule has 3 fully saturated rings. The maximum Gasteiger partial charge on any atom is 0.240 e. The summed E-state index contributed by atoms with van der Waals surface area (Å²) in [5.74, 6) is 0.764. The van der Waals surface area contributed by atoms with Crippen LogP contribution in [0.3, 0.4) is 0 Å². The number of pyridine rings is 1. The van der Waals surface area contributed by atoms with Gasteiger partial charge in [0.1, 0.15) is 46.7 Å². The number of carbonyl (C=O) groups excluding carboxylic acids is 2. The van der Waals surface area contributed by atoms with Crippen molar-refractivity contribution in [1.82, 2.24) is 10.3 Å². The fourth-order valence-electron chi connectivity index (χ4n) is 6.05. The summed E-state index contributed by atoms with van der Waals surface area (Å²) in [5.41, 5.74) is -0.575. The van der Waals surface area contributed by atoms with Gasteiger partial charge in [0, 0.05) is 48.3 Å². The number of rotatable bonds is 12. The first-order chi connectivity index (χ1) is 23.6. The molecule has 0 unspecified atom stereocenters. The number of amides is 2. The third kappa shape index (κ3) is 7.29. The van der Waals surface area contributed by atoms with Gasteiger partial charge in [-0.2, -0.15) is 0 Å². The second-order valence-corrected chi connectivity index (χ2v) is 14.6. The van der Waals surface area contributed by atoms with E-state index in [-0.39, 0.29) is 17.0 Å². The number of fused-ring (bicyclic) bond motifs is 1. The number of hydrogen-bond acceptors (Lipinski definition) is 8. The van der Waals surface area contributed by atoms with Crippen molar-refractivity contribution >= 4 is 45.3 Å². The number of nitrogens with one attached hydrogen (secondary N) is 3. The second-order valence-electron chi connectivity index (χ2n) is 12.9. The van der Waals surface area contributed by atoms with Gasteiger partial charge in [-0.1, -0.05) is 11.2 Å². The van der Waals surface area contributed by atoms with Crippen LogP contribution in [0.4, 0.5) is 20.2 Å². The molecule has 3 aliphatic rings. The Kier molecular flexibility index (Phi) is 9.07. The molecule has 13 heteroatoms. The molecule has 1 aliphatic heterocycles. The molecule has 0 spiro atoms. The quantitative estimate of drug-likeness (QED) is 0.120. The number of aromatic nitrogens is 1. The average Bonchev–Trinajstić information content (AvgIpc) is 4.04. The predicted octanol–water partition coefficient (Wildman–Crippen LogP) is 6.08. The molecule has 1 aromatic heterocycles. The van der Waals surface area contributed by atoms with Crippen LogP contribution in [0.5, 0.6) is 23.0 Å². The topological polar surface area (TPSA) is 134 Å². The van der Waals surface area contributed by atoms with Crippen molar-refractivity contribution in [3.63, 3.8) is 0 Å². The molecule has 10 nitrogen and oxygen atoms in total. The molecule has 49 heavy (non-hydrogen) atoms. The average molecular weight is 691 g/mol. The van der Waals surface area contributed by atoms with Gasteiger partial charge < -0.3 is 34.7 Å². The van der Waals surface area contributed by atoms with E-state index in [1.165, 1.54) is 36.4 Å². The van der Waals surface area contributed by atoms with Crippen molar-refractivity contribution < 1.29 is 37.1 Å². The summed E-state index contributed by atoms with van der Waals surface area (Å²) < 4.78 is 58.2. The van der Waals surface area contributed by atoms with E-state index in [1.807, 2.05) is 0 Å². The van der Waals surface area contributed by atoms with Crippen molar-refractivity contribution in [3.8, 4) is 23.0 Å². The van der Waals surface area contributed by atoms with Crippen LogP contribution in [-0.2, 0) is 20.8 Å². The molecule has 1 saturated heterocycles. The molecular weight excluding hydrogens is 654 g/mol. The van der Waals surface area contributed by atoms with Crippen LogP contribution < -0.4 is 30.2 Å². The normalized spacial score (nSPS) is 20.2. The van der Waals surface area contributed by atoms with Gasteiger partial charge in [-0.05, 0) is 74.2 Å². The van der Waals surface area contributed by atoms with Crippen LogP contribution in [0.1, 0.15) is 38.5 Å². The molecule has 0 bridgehead atoms.